The maximum atomic E-state index is 7.25. The monoisotopic (exact) mass is 383 g/mol. The first-order chi connectivity index (χ1) is 10.7. The Balaban J connectivity index is 1.76. The van der Waals surface area contributed by atoms with Crippen LogP contribution in [-0.2, 0) is 20.6 Å². The van der Waals surface area contributed by atoms with Crippen molar-refractivity contribution in [1.29, 1.82) is 0 Å². The minimum absolute atomic E-state index is 0.500. The number of rotatable bonds is 2. The van der Waals surface area contributed by atoms with Crippen LogP contribution in [0.15, 0.2) is 59.7 Å². The van der Waals surface area contributed by atoms with Gasteiger partial charge in [0.2, 0.25) is 0 Å². The average molecular weight is 385 g/mol. The molecule has 2 atom stereocenters. The summed E-state index contributed by atoms with van der Waals surface area (Å²) in [6, 6.07) is 17.5. The van der Waals surface area contributed by atoms with Crippen LogP contribution in [0, 0.1) is 0 Å². The number of halogens is 1. The van der Waals surface area contributed by atoms with Crippen LogP contribution in [0.1, 0.15) is 43.4 Å². The van der Waals surface area contributed by atoms with Gasteiger partial charge >= 0.3 is 144 Å². The van der Waals surface area contributed by atoms with Crippen molar-refractivity contribution in [3.8, 4) is 0 Å². The van der Waals surface area contributed by atoms with Crippen molar-refractivity contribution in [1.82, 2.24) is 0 Å². The first kappa shape index (κ1) is 14.7. The summed E-state index contributed by atoms with van der Waals surface area (Å²) in [5, 5.41) is 0. The summed E-state index contributed by atoms with van der Waals surface area (Å²) < 4.78 is 1.000. The van der Waals surface area contributed by atoms with Crippen LogP contribution < -0.4 is 0 Å². The second-order valence-electron chi connectivity index (χ2n) is 6.29. The molecule has 2 aromatic rings. The van der Waals surface area contributed by atoms with Crippen LogP contribution >= 0.6 is 8.51 Å². The van der Waals surface area contributed by atoms with Gasteiger partial charge in [0.05, 0.1) is 0 Å². The Morgan fingerprint density at radius 3 is 1.59 bits per heavy atom. The van der Waals surface area contributed by atoms with E-state index in [4.69, 9.17) is 8.51 Å². The Labute approximate surface area is 143 Å². The predicted octanol–water partition coefficient (Wildman–Crippen LogP) is 6.07. The normalized spacial score (nSPS) is 22.0. The molecule has 0 bridgehead atoms. The number of benzene rings is 2. The molecule has 0 fully saturated rings. The van der Waals surface area contributed by atoms with Gasteiger partial charge in [-0.05, 0) is 0 Å². The van der Waals surface area contributed by atoms with E-state index in [0.29, 0.717) is 7.25 Å². The molecule has 0 saturated heterocycles. The topological polar surface area (TPSA) is 0 Å². The Kier molecular flexibility index (Phi) is 3.75. The standard InChI is InChI=1S/2C10H9.ClH.Zr/c2*1-8-6-9-4-2-3-5-10(9)7-8;;/h2*2-7H,1H3;1H;/q;;;+1/p-1. The van der Waals surface area contributed by atoms with Crippen molar-refractivity contribution in [2.75, 3.05) is 0 Å². The summed E-state index contributed by atoms with van der Waals surface area (Å²) in [4.78, 5) is 0. The van der Waals surface area contributed by atoms with E-state index in [1.165, 1.54) is 33.4 Å². The third-order valence-electron chi connectivity index (χ3n) is 4.84. The van der Waals surface area contributed by atoms with Gasteiger partial charge in [0.1, 0.15) is 0 Å². The first-order valence-corrected chi connectivity index (χ1v) is 13.7. The van der Waals surface area contributed by atoms with E-state index >= 15 is 0 Å². The summed E-state index contributed by atoms with van der Waals surface area (Å²) >= 11 is -2.23. The van der Waals surface area contributed by atoms with Crippen molar-refractivity contribution in [2.24, 2.45) is 0 Å². The molecule has 109 valence electrons. The molecule has 2 heteroatoms. The fraction of sp³-hybridized carbons (Fsp3) is 0.200. The van der Waals surface area contributed by atoms with Crippen molar-refractivity contribution < 1.29 is 20.6 Å². The second kappa shape index (κ2) is 5.62. The first-order valence-electron chi connectivity index (χ1n) is 7.73. The van der Waals surface area contributed by atoms with Gasteiger partial charge in [0, 0.05) is 0 Å². The molecule has 0 N–H and O–H groups in total. The van der Waals surface area contributed by atoms with Crippen molar-refractivity contribution >= 4 is 20.7 Å². The van der Waals surface area contributed by atoms with Crippen LogP contribution in [0.2, 0.25) is 0 Å². The molecule has 0 heterocycles. The van der Waals surface area contributed by atoms with Crippen LogP contribution in [0.4, 0.5) is 0 Å². The molecule has 2 aromatic carbocycles. The zero-order valence-electron chi connectivity index (χ0n) is 12.8. The van der Waals surface area contributed by atoms with Crippen molar-refractivity contribution in [3.63, 3.8) is 0 Å². The van der Waals surface area contributed by atoms with E-state index in [9.17, 15) is 0 Å². The molecule has 22 heavy (non-hydrogen) atoms. The zero-order valence-corrected chi connectivity index (χ0v) is 16.0. The quantitative estimate of drug-likeness (QED) is 0.589. The van der Waals surface area contributed by atoms with Gasteiger partial charge in [-0.3, -0.25) is 0 Å². The molecule has 4 rings (SSSR count). The summed E-state index contributed by atoms with van der Waals surface area (Å²) in [6.45, 7) is 4.51. The Morgan fingerprint density at radius 1 is 0.727 bits per heavy atom. The van der Waals surface area contributed by atoms with Gasteiger partial charge in [-0.1, -0.05) is 0 Å². The van der Waals surface area contributed by atoms with Gasteiger partial charge < -0.3 is 0 Å². The molecule has 0 amide bonds. The summed E-state index contributed by atoms with van der Waals surface area (Å²) in [5.41, 5.74) is 8.59. The number of hydrogen-bond donors (Lipinski definition) is 0. The number of fused-ring (bicyclic) bond motifs is 2. The zero-order chi connectivity index (χ0) is 15.3. The molecule has 2 aliphatic rings. The van der Waals surface area contributed by atoms with Crippen molar-refractivity contribution in [2.45, 2.75) is 21.1 Å². The van der Waals surface area contributed by atoms with Gasteiger partial charge in [-0.2, -0.15) is 0 Å². The van der Waals surface area contributed by atoms with E-state index in [-0.39, 0.29) is 0 Å². The molecular weight excluding hydrogens is 367 g/mol. The number of hydrogen-bond acceptors (Lipinski definition) is 0. The van der Waals surface area contributed by atoms with Crippen LogP contribution in [-0.4, -0.2) is 0 Å². The van der Waals surface area contributed by atoms with Crippen LogP contribution in [0.25, 0.3) is 12.2 Å². The summed E-state index contributed by atoms with van der Waals surface area (Å²) in [7, 11) is 7.25. The summed E-state index contributed by atoms with van der Waals surface area (Å²) in [6.07, 6.45) is 4.67. The van der Waals surface area contributed by atoms with E-state index in [1.807, 2.05) is 0 Å². The third-order valence-corrected chi connectivity index (χ3v) is 13.9. The van der Waals surface area contributed by atoms with Gasteiger partial charge in [0.15, 0.2) is 0 Å². The van der Waals surface area contributed by atoms with E-state index in [0.717, 1.165) is 0 Å². The van der Waals surface area contributed by atoms with Crippen LogP contribution in [0.3, 0.4) is 0 Å². The fourth-order valence-corrected chi connectivity index (χ4v) is 13.4. The molecule has 0 spiro atoms. The van der Waals surface area contributed by atoms with E-state index < -0.39 is 20.6 Å². The molecule has 0 radical (unpaired) electrons. The predicted molar refractivity (Wildman–Crippen MR) is 91.5 cm³/mol. The van der Waals surface area contributed by atoms with E-state index in [1.54, 1.807) is 0 Å². The molecule has 2 aliphatic carbocycles. The minimum atomic E-state index is -2.23. The Morgan fingerprint density at radius 2 is 1.14 bits per heavy atom. The Bertz CT molecular complexity index is 735. The summed E-state index contributed by atoms with van der Waals surface area (Å²) in [5.74, 6) is 0. The SMILES string of the molecule is CC1=Cc2ccccc2[CH]1[Zr]([Cl])[CH]1C(C)=Cc2ccccc21. The maximum absolute atomic E-state index is 7.25. The van der Waals surface area contributed by atoms with Gasteiger partial charge in [-0.15, -0.1) is 0 Å². The molecule has 2 unspecified atom stereocenters. The van der Waals surface area contributed by atoms with Crippen LogP contribution in [0.5, 0.6) is 0 Å². The van der Waals surface area contributed by atoms with Crippen molar-refractivity contribution in [3.05, 3.63) is 81.9 Å². The van der Waals surface area contributed by atoms with Gasteiger partial charge in [0.25, 0.3) is 0 Å². The molecule has 0 aliphatic heterocycles. The molecule has 0 nitrogen and oxygen atoms in total. The fourth-order valence-electron chi connectivity index (χ4n) is 3.86. The Hall–Kier alpha value is -0.907. The van der Waals surface area contributed by atoms with Gasteiger partial charge in [-0.25, -0.2) is 0 Å². The molecule has 0 saturated carbocycles. The second-order valence-corrected chi connectivity index (χ2v) is 13.6. The third kappa shape index (κ3) is 2.22. The molecular formula is C20H18ClZr. The molecule has 0 aromatic heterocycles. The number of allylic oxidation sites excluding steroid dienone is 2. The average Bonchev–Trinajstić information content (AvgIpc) is 3.01. The van der Waals surface area contributed by atoms with E-state index in [2.05, 4.69) is 74.5 Å².